The average molecular weight is 337 g/mol. The molecule has 6 nitrogen and oxygen atoms in total. The number of thiazole rings is 1. The van der Waals surface area contributed by atoms with E-state index in [1.54, 1.807) is 16.8 Å². The minimum Gasteiger partial charge on any atom is -0.298 e. The first-order valence-corrected chi connectivity index (χ1v) is 8.48. The molecule has 0 atom stereocenters. The molecule has 0 aliphatic rings. The van der Waals surface area contributed by atoms with Gasteiger partial charge in [-0.15, -0.1) is 5.10 Å². The number of nitrogens with zero attached hydrogens (tertiary/aromatic N) is 4. The molecular weight excluding hydrogens is 322 g/mol. The Morgan fingerprint density at radius 3 is 2.96 bits per heavy atom. The largest absolute Gasteiger partial charge is 0.298 e. The topological polar surface area (TPSA) is 72.7 Å². The fourth-order valence-corrected chi connectivity index (χ4v) is 3.59. The molecule has 2 aromatic carbocycles. The smallest absolute Gasteiger partial charge is 0.257 e. The maximum Gasteiger partial charge on any atom is 0.257 e. The molecule has 0 aliphatic carbocycles. The summed E-state index contributed by atoms with van der Waals surface area (Å²) in [5.41, 5.74) is 4.21. The van der Waals surface area contributed by atoms with Crippen LogP contribution in [-0.2, 0) is 6.54 Å². The van der Waals surface area contributed by atoms with Crippen LogP contribution in [0.15, 0.2) is 36.4 Å². The number of hydrogen-bond acceptors (Lipinski definition) is 5. The molecule has 4 rings (SSSR count). The van der Waals surface area contributed by atoms with Gasteiger partial charge in [-0.25, -0.2) is 9.67 Å². The van der Waals surface area contributed by atoms with Crippen molar-refractivity contribution in [3.05, 3.63) is 47.5 Å². The lowest BCUT2D eigenvalue weighted by molar-refractivity contribution is 0.102. The van der Waals surface area contributed by atoms with Crippen LogP contribution in [0.1, 0.15) is 22.8 Å². The summed E-state index contributed by atoms with van der Waals surface area (Å²) < 4.78 is 2.86. The fraction of sp³-hybridized carbons (Fsp3) is 0.176. The van der Waals surface area contributed by atoms with Gasteiger partial charge in [-0.05, 0) is 43.7 Å². The van der Waals surface area contributed by atoms with Crippen LogP contribution in [0.25, 0.3) is 21.3 Å². The van der Waals surface area contributed by atoms with Crippen molar-refractivity contribution >= 4 is 43.6 Å². The van der Waals surface area contributed by atoms with Gasteiger partial charge in [0.2, 0.25) is 0 Å². The Morgan fingerprint density at radius 1 is 1.29 bits per heavy atom. The number of aryl methyl sites for hydroxylation is 2. The van der Waals surface area contributed by atoms with E-state index in [4.69, 9.17) is 0 Å². The van der Waals surface area contributed by atoms with Gasteiger partial charge in [-0.3, -0.25) is 10.1 Å². The van der Waals surface area contributed by atoms with Gasteiger partial charge in [0.1, 0.15) is 5.52 Å². The molecule has 0 bridgehead atoms. The Bertz CT molecular complexity index is 1070. The molecule has 120 valence electrons. The SMILES string of the molecule is CCn1nnc2cc(C(=O)Nc3nc4c(C)cccc4s3)ccc21. The molecule has 2 heterocycles. The molecule has 0 radical (unpaired) electrons. The second kappa shape index (κ2) is 5.68. The summed E-state index contributed by atoms with van der Waals surface area (Å²) in [6.45, 7) is 4.76. The van der Waals surface area contributed by atoms with Crippen LogP contribution in [0.3, 0.4) is 0 Å². The molecule has 24 heavy (non-hydrogen) atoms. The summed E-state index contributed by atoms with van der Waals surface area (Å²) in [6.07, 6.45) is 0. The van der Waals surface area contributed by atoms with Gasteiger partial charge in [-0.1, -0.05) is 28.7 Å². The molecule has 1 N–H and O–H groups in total. The van der Waals surface area contributed by atoms with Gasteiger partial charge in [-0.2, -0.15) is 0 Å². The van der Waals surface area contributed by atoms with Gasteiger partial charge >= 0.3 is 0 Å². The van der Waals surface area contributed by atoms with E-state index >= 15 is 0 Å². The number of hydrogen-bond donors (Lipinski definition) is 1. The Labute approximate surface area is 142 Å². The fourth-order valence-electron chi connectivity index (χ4n) is 2.66. The standard InChI is InChI=1S/C17H15N5OS/c1-3-22-13-8-7-11(9-12(13)20-21-22)16(23)19-17-18-15-10(2)5-4-6-14(15)24-17/h4-9H,3H2,1-2H3,(H,18,19,23). The van der Waals surface area contributed by atoms with E-state index in [0.29, 0.717) is 16.2 Å². The zero-order valence-electron chi connectivity index (χ0n) is 13.3. The highest BCUT2D eigenvalue weighted by Gasteiger charge is 2.13. The van der Waals surface area contributed by atoms with Crippen LogP contribution in [0.2, 0.25) is 0 Å². The number of amides is 1. The zero-order valence-corrected chi connectivity index (χ0v) is 14.1. The molecule has 0 aliphatic heterocycles. The minimum atomic E-state index is -0.195. The summed E-state index contributed by atoms with van der Waals surface area (Å²) in [7, 11) is 0. The minimum absolute atomic E-state index is 0.195. The molecule has 1 amide bonds. The maximum absolute atomic E-state index is 12.5. The molecule has 2 aromatic heterocycles. The van der Waals surface area contributed by atoms with E-state index in [1.807, 2.05) is 38.1 Å². The molecule has 0 saturated carbocycles. The number of fused-ring (bicyclic) bond motifs is 2. The van der Waals surface area contributed by atoms with Gasteiger partial charge in [0.05, 0.1) is 15.7 Å². The lowest BCUT2D eigenvalue weighted by Crippen LogP contribution is -2.11. The Balaban J connectivity index is 1.64. The Morgan fingerprint density at radius 2 is 2.17 bits per heavy atom. The van der Waals surface area contributed by atoms with E-state index in [-0.39, 0.29) is 5.91 Å². The summed E-state index contributed by atoms with van der Waals surface area (Å²) in [5, 5.41) is 11.6. The van der Waals surface area contributed by atoms with Crippen molar-refractivity contribution in [2.24, 2.45) is 0 Å². The van der Waals surface area contributed by atoms with Gasteiger partial charge in [0.15, 0.2) is 5.13 Å². The number of rotatable bonds is 3. The first-order valence-electron chi connectivity index (χ1n) is 7.66. The van der Waals surface area contributed by atoms with Crippen LogP contribution in [0.5, 0.6) is 0 Å². The Hall–Kier alpha value is -2.80. The highest BCUT2D eigenvalue weighted by atomic mass is 32.1. The van der Waals surface area contributed by atoms with Crippen molar-refractivity contribution in [2.75, 3.05) is 5.32 Å². The van der Waals surface area contributed by atoms with E-state index < -0.39 is 0 Å². The van der Waals surface area contributed by atoms with Crippen LogP contribution >= 0.6 is 11.3 Å². The summed E-state index contributed by atoms with van der Waals surface area (Å²) in [5.74, 6) is -0.195. The summed E-state index contributed by atoms with van der Waals surface area (Å²) in [6, 6.07) is 11.4. The Kier molecular flexibility index (Phi) is 3.50. The molecule has 7 heteroatoms. The lowest BCUT2D eigenvalue weighted by atomic mass is 10.2. The summed E-state index contributed by atoms with van der Waals surface area (Å²) >= 11 is 1.47. The second-order valence-electron chi connectivity index (χ2n) is 5.50. The number of carbonyl (C=O) groups excluding carboxylic acids is 1. The van der Waals surface area contributed by atoms with Crippen molar-refractivity contribution in [2.45, 2.75) is 20.4 Å². The third-order valence-corrected chi connectivity index (χ3v) is 4.85. The van der Waals surface area contributed by atoms with E-state index in [9.17, 15) is 4.79 Å². The van der Waals surface area contributed by atoms with Crippen molar-refractivity contribution in [1.82, 2.24) is 20.0 Å². The quantitative estimate of drug-likeness (QED) is 0.620. The van der Waals surface area contributed by atoms with Gasteiger partial charge in [0.25, 0.3) is 5.91 Å². The first kappa shape index (κ1) is 14.8. The molecule has 4 aromatic rings. The predicted octanol–water partition coefficient (Wildman–Crippen LogP) is 3.62. The molecule has 0 fully saturated rings. The highest BCUT2D eigenvalue weighted by Crippen LogP contribution is 2.28. The van der Waals surface area contributed by atoms with Crippen LogP contribution in [0.4, 0.5) is 5.13 Å². The van der Waals surface area contributed by atoms with Crippen LogP contribution in [0, 0.1) is 6.92 Å². The predicted molar refractivity (Wildman–Crippen MR) is 95.5 cm³/mol. The van der Waals surface area contributed by atoms with Crippen LogP contribution < -0.4 is 5.32 Å². The molecule has 0 saturated heterocycles. The van der Waals surface area contributed by atoms with Gasteiger partial charge < -0.3 is 0 Å². The highest BCUT2D eigenvalue weighted by molar-refractivity contribution is 7.22. The number of anilines is 1. The van der Waals surface area contributed by atoms with E-state index in [2.05, 4.69) is 20.6 Å². The molecule has 0 unspecified atom stereocenters. The lowest BCUT2D eigenvalue weighted by Gasteiger charge is -2.02. The second-order valence-corrected chi connectivity index (χ2v) is 6.53. The van der Waals surface area contributed by atoms with Crippen molar-refractivity contribution in [3.63, 3.8) is 0 Å². The van der Waals surface area contributed by atoms with Crippen molar-refractivity contribution < 1.29 is 4.79 Å². The normalized spacial score (nSPS) is 11.2. The third kappa shape index (κ3) is 2.43. The molecule has 0 spiro atoms. The van der Waals surface area contributed by atoms with E-state index in [1.165, 1.54) is 11.3 Å². The number of benzene rings is 2. The summed E-state index contributed by atoms with van der Waals surface area (Å²) in [4.78, 5) is 17.0. The van der Waals surface area contributed by atoms with Crippen molar-refractivity contribution in [1.29, 1.82) is 0 Å². The average Bonchev–Trinajstić information content (AvgIpc) is 3.18. The number of carbonyl (C=O) groups is 1. The number of nitrogens with one attached hydrogen (secondary N) is 1. The first-order chi connectivity index (χ1) is 11.7. The zero-order chi connectivity index (χ0) is 16.7. The van der Waals surface area contributed by atoms with Crippen LogP contribution in [-0.4, -0.2) is 25.9 Å². The maximum atomic E-state index is 12.5. The number of para-hydroxylation sites is 1. The van der Waals surface area contributed by atoms with E-state index in [0.717, 1.165) is 27.8 Å². The van der Waals surface area contributed by atoms with Gasteiger partial charge in [0, 0.05) is 12.1 Å². The monoisotopic (exact) mass is 337 g/mol. The third-order valence-electron chi connectivity index (χ3n) is 3.92. The molecular formula is C17H15N5OS. The number of aromatic nitrogens is 4. The van der Waals surface area contributed by atoms with Crippen molar-refractivity contribution in [3.8, 4) is 0 Å².